The average Bonchev–Trinajstić information content (AvgIpc) is 3.03. The summed E-state index contributed by atoms with van der Waals surface area (Å²) in [6.07, 6.45) is 8.32. The molecule has 6 nitrogen and oxygen atoms in total. The molecule has 2 aliphatic rings. The van der Waals surface area contributed by atoms with Crippen LogP contribution in [-0.2, 0) is 0 Å². The normalized spacial score (nSPS) is 16.3. The van der Waals surface area contributed by atoms with Gasteiger partial charge < -0.3 is 0 Å². The first-order valence-electron chi connectivity index (χ1n) is 16.3. The van der Waals surface area contributed by atoms with Crippen molar-refractivity contribution in [2.45, 2.75) is 69.6 Å². The maximum atomic E-state index is 13.9. The van der Waals surface area contributed by atoms with Crippen LogP contribution in [0.5, 0.6) is 0 Å². The van der Waals surface area contributed by atoms with Gasteiger partial charge in [-0.1, -0.05) is 106 Å². The maximum Gasteiger partial charge on any atom is 0.261 e. The Balaban J connectivity index is 1.30. The van der Waals surface area contributed by atoms with Gasteiger partial charge in [-0.05, 0) is 68.9 Å². The highest BCUT2D eigenvalue weighted by molar-refractivity contribution is 14.1. The predicted octanol–water partition coefficient (Wildman–Crippen LogP) is 9.14. The first-order valence-corrected chi connectivity index (χ1v) is 17.5. The Morgan fingerprint density at radius 2 is 0.911 bits per heavy atom. The molecule has 2 heterocycles. The van der Waals surface area contributed by atoms with Gasteiger partial charge in [0.05, 0.1) is 0 Å². The summed E-state index contributed by atoms with van der Waals surface area (Å²) in [6.45, 7) is 7.11. The molecule has 0 bridgehead atoms. The van der Waals surface area contributed by atoms with E-state index in [4.69, 9.17) is 0 Å². The zero-order valence-electron chi connectivity index (χ0n) is 26.0. The van der Waals surface area contributed by atoms with Gasteiger partial charge in [0.1, 0.15) is 0 Å². The number of rotatable bonds is 11. The fourth-order valence-corrected chi connectivity index (χ4v) is 8.02. The largest absolute Gasteiger partial charge is 0.274 e. The van der Waals surface area contributed by atoms with E-state index in [0.717, 1.165) is 45.2 Å². The topological polar surface area (TPSA) is 74.8 Å². The molecule has 0 spiro atoms. The Hall–Kier alpha value is -3.59. The highest BCUT2D eigenvalue weighted by atomic mass is 127. The third kappa shape index (κ3) is 4.72. The van der Waals surface area contributed by atoms with E-state index in [1.54, 1.807) is 0 Å². The lowest BCUT2D eigenvalue weighted by molar-refractivity contribution is 0.0579. The second-order valence-corrected chi connectivity index (χ2v) is 15.2. The van der Waals surface area contributed by atoms with E-state index in [0.29, 0.717) is 46.1 Å². The third-order valence-electron chi connectivity index (χ3n) is 9.78. The van der Waals surface area contributed by atoms with Crippen molar-refractivity contribution < 1.29 is 19.2 Å². The van der Waals surface area contributed by atoms with Crippen molar-refractivity contribution in [1.82, 2.24) is 9.80 Å². The predicted molar refractivity (Wildman–Crippen MR) is 189 cm³/mol. The van der Waals surface area contributed by atoms with Crippen LogP contribution in [0.1, 0.15) is 107 Å². The molecule has 7 heteroatoms. The Kier molecular flexibility index (Phi) is 7.79. The zero-order valence-corrected chi connectivity index (χ0v) is 28.2. The molecule has 4 amide bonds. The van der Waals surface area contributed by atoms with Crippen LogP contribution < -0.4 is 0 Å². The number of benzene rings is 5. The van der Waals surface area contributed by atoms with Crippen LogP contribution in [0.2, 0.25) is 0 Å². The van der Waals surface area contributed by atoms with Gasteiger partial charge in [0.25, 0.3) is 23.6 Å². The number of imide groups is 2. The lowest BCUT2D eigenvalue weighted by atomic mass is 9.82. The van der Waals surface area contributed by atoms with E-state index >= 15 is 0 Å². The van der Waals surface area contributed by atoms with Crippen LogP contribution >= 0.6 is 22.6 Å². The average molecular weight is 713 g/mol. The molecule has 2 aliphatic heterocycles. The molecular weight excluding hydrogens is 675 g/mol. The van der Waals surface area contributed by atoms with E-state index in [2.05, 4.69) is 36.4 Å². The molecule has 7 rings (SSSR count). The monoisotopic (exact) mass is 712 g/mol. The van der Waals surface area contributed by atoms with Gasteiger partial charge in [-0.15, -0.1) is 0 Å². The molecule has 0 radical (unpaired) electrons. The molecule has 0 aliphatic carbocycles. The van der Waals surface area contributed by atoms with Crippen molar-refractivity contribution in [3.8, 4) is 0 Å². The number of halogens is 1. The van der Waals surface area contributed by atoms with Gasteiger partial charge in [0.2, 0.25) is 0 Å². The maximum absolute atomic E-state index is 13.9. The molecule has 2 unspecified atom stereocenters. The number of hydrogen-bond acceptors (Lipinski definition) is 4. The van der Waals surface area contributed by atoms with Gasteiger partial charge in [-0.2, -0.15) is 0 Å². The van der Waals surface area contributed by atoms with Gasteiger partial charge >= 0.3 is 0 Å². The Bertz CT molecular complexity index is 1930. The molecule has 0 N–H and O–H groups in total. The van der Waals surface area contributed by atoms with Crippen LogP contribution in [0.4, 0.5) is 0 Å². The summed E-state index contributed by atoms with van der Waals surface area (Å²) < 4.78 is 0.126. The van der Waals surface area contributed by atoms with Crippen molar-refractivity contribution >= 4 is 89.3 Å². The summed E-state index contributed by atoms with van der Waals surface area (Å²) in [5, 5.41) is 6.80. The Morgan fingerprint density at radius 3 is 1.31 bits per heavy atom. The number of unbranched alkanes of at least 4 members (excludes halogenated alkanes) is 5. The number of hydrogen-bond donors (Lipinski definition) is 0. The fraction of sp³-hybridized carbons (Fsp3) is 0.368. The molecule has 5 aromatic rings. The van der Waals surface area contributed by atoms with Crippen molar-refractivity contribution in [2.24, 2.45) is 5.92 Å². The summed E-state index contributed by atoms with van der Waals surface area (Å²) in [5.74, 6) is -0.771. The van der Waals surface area contributed by atoms with E-state index in [9.17, 15) is 19.2 Å². The molecular formula is C38H37IN2O4. The lowest BCUT2D eigenvalue weighted by Gasteiger charge is -2.31. The molecule has 5 aromatic carbocycles. The van der Waals surface area contributed by atoms with Crippen molar-refractivity contribution in [2.75, 3.05) is 13.1 Å². The number of amides is 4. The molecule has 0 saturated carbocycles. The number of alkyl halides is 1. The number of nitrogens with zero attached hydrogens (tertiary/aromatic N) is 2. The van der Waals surface area contributed by atoms with Crippen molar-refractivity contribution in [3.05, 3.63) is 70.8 Å². The quantitative estimate of drug-likeness (QED) is 0.0342. The van der Waals surface area contributed by atoms with E-state index in [1.165, 1.54) is 41.9 Å². The minimum Gasteiger partial charge on any atom is -0.274 e. The lowest BCUT2D eigenvalue weighted by Crippen LogP contribution is -2.43. The first-order chi connectivity index (χ1) is 21.7. The van der Waals surface area contributed by atoms with Crippen molar-refractivity contribution in [3.63, 3.8) is 0 Å². The van der Waals surface area contributed by atoms with Crippen molar-refractivity contribution in [1.29, 1.82) is 0 Å². The highest BCUT2D eigenvalue weighted by Crippen LogP contribution is 2.46. The molecule has 2 atom stereocenters. The second-order valence-electron chi connectivity index (χ2n) is 13.0. The molecule has 0 fully saturated rings. The van der Waals surface area contributed by atoms with Gasteiger partial charge in [-0.3, -0.25) is 29.0 Å². The smallest absolute Gasteiger partial charge is 0.261 e. The van der Waals surface area contributed by atoms with Crippen LogP contribution in [0.25, 0.3) is 43.1 Å². The summed E-state index contributed by atoms with van der Waals surface area (Å²) in [4.78, 5) is 57.7. The third-order valence-corrected chi connectivity index (χ3v) is 10.2. The number of carbonyl (C=O) groups is 4. The number of fused-ring (bicyclic) bond motifs is 2. The van der Waals surface area contributed by atoms with E-state index < -0.39 is 0 Å². The standard InChI is InChI=1S/C38H37IN2O4/c1-4-5-6-7-8-9-10-21(2)19-40-35(42)27-15-11-23-25-13-17-29-34-30(38(45)41(37(29)44)20-22(3)39)18-14-26(32(25)34)24-12-16-28(36(40)43)33(27)31(23)24/h11-18,21-22H,4-10,19-20H2,1-3H3. The van der Waals surface area contributed by atoms with Crippen LogP contribution in [-0.4, -0.2) is 50.4 Å². The van der Waals surface area contributed by atoms with E-state index in [1.807, 2.05) is 55.5 Å². The number of carbonyl (C=O) groups excluding carboxylic acids is 4. The van der Waals surface area contributed by atoms with Crippen LogP contribution in [0.3, 0.4) is 0 Å². The molecule has 45 heavy (non-hydrogen) atoms. The Labute approximate surface area is 276 Å². The summed E-state index contributed by atoms with van der Waals surface area (Å²) >= 11 is 2.24. The van der Waals surface area contributed by atoms with Gasteiger partial charge in [0, 0.05) is 50.0 Å². The Morgan fingerprint density at radius 1 is 0.533 bits per heavy atom. The summed E-state index contributed by atoms with van der Waals surface area (Å²) in [5.41, 5.74) is 2.18. The minimum absolute atomic E-state index is 0.126. The first kappa shape index (κ1) is 30.1. The molecule has 0 saturated heterocycles. The zero-order chi connectivity index (χ0) is 31.6. The van der Waals surface area contributed by atoms with Gasteiger partial charge in [0.15, 0.2) is 0 Å². The van der Waals surface area contributed by atoms with E-state index in [-0.39, 0.29) is 33.5 Å². The highest BCUT2D eigenvalue weighted by Gasteiger charge is 2.37. The molecule has 0 aromatic heterocycles. The SMILES string of the molecule is CCCCCCCCC(C)CN1C(=O)c2ccc3c4ccc5c6c(ccc(c7ccc(c2c37)C1=O)c64)C(=O)N(CC(C)I)C5=O. The van der Waals surface area contributed by atoms with Gasteiger partial charge in [-0.25, -0.2) is 0 Å². The minimum atomic E-state index is -0.266. The molecule has 230 valence electrons. The summed E-state index contributed by atoms with van der Waals surface area (Å²) in [6, 6.07) is 15.2. The van der Waals surface area contributed by atoms with Crippen LogP contribution in [0.15, 0.2) is 48.5 Å². The van der Waals surface area contributed by atoms with Crippen LogP contribution in [0, 0.1) is 5.92 Å². The second kappa shape index (κ2) is 11.6. The fourth-order valence-electron chi connectivity index (χ4n) is 7.63. The summed E-state index contributed by atoms with van der Waals surface area (Å²) in [7, 11) is 0.